The van der Waals surface area contributed by atoms with Gasteiger partial charge in [-0.2, -0.15) is 0 Å². The molecular formula is C31H31ClFNO3. The summed E-state index contributed by atoms with van der Waals surface area (Å²) in [7, 11) is 0. The number of nitrogens with zero attached hydrogens (tertiary/aromatic N) is 1. The standard InChI is InChI=1S/C31H31ClFNO3/c32-29-9-4-3-8-27(29)30-26-7-2-1-6-24(25(26)14-15-28(30)31(35)36)21-10-12-22(13-11-21)37-23-16-19-34(20-23)18-5-17-33/h3-4,6,8-15,23H,1-2,5,7,16-20H2,(H,35,36)/t23-/m0/s1. The second kappa shape index (κ2) is 11.5. The fraction of sp³-hybridized carbons (Fsp3) is 0.323. The summed E-state index contributed by atoms with van der Waals surface area (Å²) in [6.07, 6.45) is 6.50. The second-order valence-corrected chi connectivity index (χ2v) is 10.1. The van der Waals surface area contributed by atoms with Crippen LogP contribution in [0, 0.1) is 0 Å². The maximum Gasteiger partial charge on any atom is 0.336 e. The lowest BCUT2D eigenvalue weighted by atomic mass is 9.85. The van der Waals surface area contributed by atoms with Crippen molar-refractivity contribution in [2.24, 2.45) is 0 Å². The van der Waals surface area contributed by atoms with Crippen LogP contribution in [-0.2, 0) is 6.42 Å². The number of halogens is 2. The van der Waals surface area contributed by atoms with Gasteiger partial charge in [0.2, 0.25) is 0 Å². The molecule has 1 aliphatic carbocycles. The third-order valence-corrected chi connectivity index (χ3v) is 7.59. The quantitative estimate of drug-likeness (QED) is 0.339. The van der Waals surface area contributed by atoms with Gasteiger partial charge in [0.05, 0.1) is 12.2 Å². The van der Waals surface area contributed by atoms with Crippen molar-refractivity contribution in [1.29, 1.82) is 0 Å². The molecule has 4 nitrogen and oxygen atoms in total. The smallest absolute Gasteiger partial charge is 0.336 e. The molecule has 1 atom stereocenters. The number of carbonyl (C=O) groups is 1. The summed E-state index contributed by atoms with van der Waals surface area (Å²) in [5.41, 5.74) is 5.97. The Hall–Kier alpha value is -3.15. The minimum Gasteiger partial charge on any atom is -0.489 e. The third-order valence-electron chi connectivity index (χ3n) is 7.26. The number of allylic oxidation sites excluding steroid dienone is 1. The van der Waals surface area contributed by atoms with E-state index >= 15 is 0 Å². The number of likely N-dealkylation sites (tertiary alicyclic amines) is 1. The molecule has 0 saturated carbocycles. The molecule has 0 bridgehead atoms. The van der Waals surface area contributed by atoms with Gasteiger partial charge < -0.3 is 9.84 Å². The summed E-state index contributed by atoms with van der Waals surface area (Å²) in [5, 5.41) is 10.5. The first kappa shape index (κ1) is 25.5. The van der Waals surface area contributed by atoms with Gasteiger partial charge in [0.15, 0.2) is 0 Å². The van der Waals surface area contributed by atoms with Gasteiger partial charge in [0, 0.05) is 35.8 Å². The lowest BCUT2D eigenvalue weighted by Crippen LogP contribution is -2.26. The van der Waals surface area contributed by atoms with Crippen molar-refractivity contribution in [3.05, 3.63) is 94.0 Å². The van der Waals surface area contributed by atoms with Gasteiger partial charge in [0.25, 0.3) is 0 Å². The van der Waals surface area contributed by atoms with Gasteiger partial charge in [-0.05, 0) is 78.6 Å². The zero-order valence-electron chi connectivity index (χ0n) is 20.8. The summed E-state index contributed by atoms with van der Waals surface area (Å²) in [5.74, 6) is -0.127. The number of alkyl halides is 1. The number of hydrogen-bond donors (Lipinski definition) is 1. The average Bonchev–Trinajstić information content (AvgIpc) is 3.23. The van der Waals surface area contributed by atoms with Crippen LogP contribution in [0.5, 0.6) is 5.75 Å². The monoisotopic (exact) mass is 519 g/mol. The number of carboxylic acid groups (broad SMARTS) is 1. The van der Waals surface area contributed by atoms with Gasteiger partial charge in [0.1, 0.15) is 11.9 Å². The van der Waals surface area contributed by atoms with Crippen molar-refractivity contribution in [3.8, 4) is 16.9 Å². The molecule has 6 heteroatoms. The summed E-state index contributed by atoms with van der Waals surface area (Å²) >= 11 is 6.55. The highest BCUT2D eigenvalue weighted by molar-refractivity contribution is 6.33. The predicted octanol–water partition coefficient (Wildman–Crippen LogP) is 7.29. The molecule has 1 fully saturated rings. The number of aromatic carboxylic acids is 1. The van der Waals surface area contributed by atoms with Crippen LogP contribution in [0.4, 0.5) is 4.39 Å². The van der Waals surface area contributed by atoms with E-state index in [-0.39, 0.29) is 18.3 Å². The Kier molecular flexibility index (Phi) is 7.92. The fourth-order valence-corrected chi connectivity index (χ4v) is 5.73. The number of ether oxygens (including phenoxy) is 1. The Bertz CT molecular complexity index is 1300. The van der Waals surface area contributed by atoms with E-state index in [1.807, 2.05) is 36.4 Å². The Morgan fingerprint density at radius 3 is 2.65 bits per heavy atom. The normalized spacial score (nSPS) is 17.7. The first-order valence-electron chi connectivity index (χ1n) is 12.9. The number of rotatable bonds is 8. The fourth-order valence-electron chi connectivity index (χ4n) is 5.50. The largest absolute Gasteiger partial charge is 0.489 e. The molecule has 192 valence electrons. The van der Waals surface area contributed by atoms with Gasteiger partial charge in [-0.1, -0.05) is 54.1 Å². The summed E-state index contributed by atoms with van der Waals surface area (Å²) in [6.45, 7) is 2.28. The first-order valence-corrected chi connectivity index (χ1v) is 13.3. The third kappa shape index (κ3) is 5.58. The van der Waals surface area contributed by atoms with Crippen molar-refractivity contribution in [1.82, 2.24) is 4.90 Å². The van der Waals surface area contributed by atoms with Crippen LogP contribution in [-0.4, -0.2) is 48.4 Å². The van der Waals surface area contributed by atoms with Crippen LogP contribution in [0.2, 0.25) is 5.02 Å². The van der Waals surface area contributed by atoms with Crippen LogP contribution in [0.3, 0.4) is 0 Å². The van der Waals surface area contributed by atoms with Crippen LogP contribution in [0.25, 0.3) is 16.7 Å². The van der Waals surface area contributed by atoms with Gasteiger partial charge in [-0.25, -0.2) is 4.79 Å². The molecular weight excluding hydrogens is 489 g/mol. The Labute approximate surface area is 222 Å². The number of fused-ring (bicyclic) bond motifs is 1. The molecule has 1 saturated heterocycles. The molecule has 1 N–H and O–H groups in total. The zero-order valence-corrected chi connectivity index (χ0v) is 21.5. The zero-order chi connectivity index (χ0) is 25.8. The van der Waals surface area contributed by atoms with E-state index in [2.05, 4.69) is 23.1 Å². The van der Waals surface area contributed by atoms with E-state index in [1.54, 1.807) is 12.1 Å². The highest BCUT2D eigenvalue weighted by Gasteiger charge is 2.25. The van der Waals surface area contributed by atoms with E-state index in [0.717, 1.165) is 78.9 Å². The maximum atomic E-state index is 12.5. The van der Waals surface area contributed by atoms with Crippen molar-refractivity contribution in [2.45, 2.75) is 38.2 Å². The molecule has 3 aromatic rings. The molecule has 2 aliphatic rings. The molecule has 0 unspecified atom stereocenters. The molecule has 37 heavy (non-hydrogen) atoms. The molecule has 1 aliphatic heterocycles. The lowest BCUT2D eigenvalue weighted by Gasteiger charge is -2.19. The topological polar surface area (TPSA) is 49.8 Å². The van der Waals surface area contributed by atoms with Crippen LogP contribution < -0.4 is 4.74 Å². The highest BCUT2D eigenvalue weighted by atomic mass is 35.5. The van der Waals surface area contributed by atoms with Gasteiger partial charge in [-0.15, -0.1) is 0 Å². The van der Waals surface area contributed by atoms with E-state index in [1.165, 1.54) is 0 Å². The molecule has 0 radical (unpaired) electrons. The molecule has 0 amide bonds. The Morgan fingerprint density at radius 2 is 1.89 bits per heavy atom. The second-order valence-electron chi connectivity index (χ2n) is 9.71. The van der Waals surface area contributed by atoms with E-state index in [9.17, 15) is 14.3 Å². The van der Waals surface area contributed by atoms with E-state index < -0.39 is 5.97 Å². The predicted molar refractivity (Wildman–Crippen MR) is 146 cm³/mol. The number of hydrogen-bond acceptors (Lipinski definition) is 3. The van der Waals surface area contributed by atoms with Crippen LogP contribution >= 0.6 is 11.6 Å². The van der Waals surface area contributed by atoms with Crippen molar-refractivity contribution in [2.75, 3.05) is 26.3 Å². The minimum atomic E-state index is -0.954. The summed E-state index contributed by atoms with van der Waals surface area (Å²) in [6, 6.07) is 19.2. The van der Waals surface area contributed by atoms with Gasteiger partial charge >= 0.3 is 5.97 Å². The molecule has 3 aromatic carbocycles. The molecule has 0 spiro atoms. The summed E-state index contributed by atoms with van der Waals surface area (Å²) in [4.78, 5) is 14.4. The average molecular weight is 520 g/mol. The van der Waals surface area contributed by atoms with Crippen molar-refractivity contribution in [3.63, 3.8) is 0 Å². The summed E-state index contributed by atoms with van der Waals surface area (Å²) < 4.78 is 18.7. The van der Waals surface area contributed by atoms with Crippen molar-refractivity contribution >= 4 is 23.1 Å². The van der Waals surface area contributed by atoms with E-state index in [0.29, 0.717) is 17.0 Å². The number of carboxylic acids is 1. The Balaban J connectivity index is 1.44. The molecule has 5 rings (SSSR count). The maximum absolute atomic E-state index is 12.5. The van der Waals surface area contributed by atoms with Gasteiger partial charge in [-0.3, -0.25) is 9.29 Å². The van der Waals surface area contributed by atoms with E-state index in [4.69, 9.17) is 16.3 Å². The minimum absolute atomic E-state index is 0.121. The molecule has 0 aromatic heterocycles. The first-order chi connectivity index (χ1) is 18.0. The lowest BCUT2D eigenvalue weighted by molar-refractivity contribution is 0.0697. The Morgan fingerprint density at radius 1 is 1.08 bits per heavy atom. The SMILES string of the molecule is O=C(O)c1ccc2c(c1-c1ccccc1Cl)CCCC=C2c1ccc(O[C@H]2CCN(CCCF)C2)cc1. The van der Waals surface area contributed by atoms with Crippen LogP contribution in [0.15, 0.2) is 66.7 Å². The highest BCUT2D eigenvalue weighted by Crippen LogP contribution is 2.41. The van der Waals surface area contributed by atoms with Crippen LogP contribution in [0.1, 0.15) is 52.7 Å². The molecule has 1 heterocycles. The van der Waals surface area contributed by atoms with Crippen molar-refractivity contribution < 1.29 is 19.0 Å². The number of benzene rings is 3.